The highest BCUT2D eigenvalue weighted by molar-refractivity contribution is 9.10. The maximum absolute atomic E-state index is 6.96. The van der Waals surface area contributed by atoms with Gasteiger partial charge in [0, 0.05) is 10.7 Å². The highest BCUT2D eigenvalue weighted by atomic mass is 79.9. The minimum Gasteiger partial charge on any atom is -0.283 e. The second kappa shape index (κ2) is 2.13. The van der Waals surface area contributed by atoms with E-state index in [1.165, 1.54) is 0 Å². The van der Waals surface area contributed by atoms with Crippen LogP contribution in [0.3, 0.4) is 0 Å². The molecule has 0 unspecified atom stereocenters. The quantitative estimate of drug-likeness (QED) is 0.587. The maximum atomic E-state index is 6.96. The van der Waals surface area contributed by atoms with Gasteiger partial charge in [-0.2, -0.15) is 0 Å². The zero-order chi connectivity index (χ0) is 5.98. The highest BCUT2D eigenvalue weighted by Gasteiger charge is 1.84. The molecule has 1 heterocycles. The summed E-state index contributed by atoms with van der Waals surface area (Å²) in [5.74, 6) is 0.299. The molecular weight excluding hydrogens is 168 g/mol. The SMILES string of the molecule is [NH]c1ccc(Br)cn1. The van der Waals surface area contributed by atoms with Gasteiger partial charge in [0.15, 0.2) is 0 Å². The normalized spacial score (nSPS) is 9.12. The summed E-state index contributed by atoms with van der Waals surface area (Å²) in [5.41, 5.74) is 6.96. The number of nitrogens with one attached hydrogen (secondary N) is 1. The molecule has 41 valence electrons. The van der Waals surface area contributed by atoms with Gasteiger partial charge in [0.2, 0.25) is 0 Å². The summed E-state index contributed by atoms with van der Waals surface area (Å²) >= 11 is 3.20. The number of aromatic nitrogens is 1. The highest BCUT2D eigenvalue weighted by Crippen LogP contribution is 2.07. The van der Waals surface area contributed by atoms with E-state index in [2.05, 4.69) is 20.9 Å². The second-order valence-electron chi connectivity index (χ2n) is 1.36. The first-order valence-electron chi connectivity index (χ1n) is 2.12. The van der Waals surface area contributed by atoms with E-state index in [0.717, 1.165) is 4.47 Å². The van der Waals surface area contributed by atoms with Crippen LogP contribution in [0, 0.1) is 0 Å². The molecule has 0 aliphatic rings. The Morgan fingerprint density at radius 3 is 2.62 bits per heavy atom. The first kappa shape index (κ1) is 5.56. The molecular formula is C5H4BrN2. The molecule has 8 heavy (non-hydrogen) atoms. The van der Waals surface area contributed by atoms with E-state index in [0.29, 0.717) is 5.82 Å². The number of nitrogens with zero attached hydrogens (tertiary/aromatic N) is 1. The summed E-state index contributed by atoms with van der Waals surface area (Å²) in [6.45, 7) is 0. The minimum absolute atomic E-state index is 0.299. The summed E-state index contributed by atoms with van der Waals surface area (Å²) < 4.78 is 0.911. The molecule has 0 aliphatic carbocycles. The third-order valence-electron chi connectivity index (χ3n) is 0.727. The number of hydrogen-bond donors (Lipinski definition) is 0. The molecule has 2 nitrogen and oxygen atoms in total. The fourth-order valence-corrected chi connectivity index (χ4v) is 0.610. The monoisotopic (exact) mass is 171 g/mol. The third kappa shape index (κ3) is 1.20. The van der Waals surface area contributed by atoms with Crippen LogP contribution < -0.4 is 5.73 Å². The largest absolute Gasteiger partial charge is 0.283 e. The molecule has 1 aromatic heterocycles. The van der Waals surface area contributed by atoms with Crippen LogP contribution in [-0.2, 0) is 0 Å². The Bertz CT molecular complexity index is 149. The topological polar surface area (TPSA) is 36.7 Å². The van der Waals surface area contributed by atoms with Crippen molar-refractivity contribution in [2.45, 2.75) is 0 Å². The standard InChI is InChI=1S/C5H4BrN2/c6-4-1-2-5(7)8-3-4/h1-3,7H. The van der Waals surface area contributed by atoms with E-state index in [9.17, 15) is 0 Å². The summed E-state index contributed by atoms with van der Waals surface area (Å²) in [4.78, 5) is 3.70. The molecule has 1 radical (unpaired) electrons. The first-order chi connectivity index (χ1) is 3.79. The van der Waals surface area contributed by atoms with Gasteiger partial charge in [-0.25, -0.2) is 4.98 Å². The summed E-state index contributed by atoms with van der Waals surface area (Å²) in [6, 6.07) is 3.42. The van der Waals surface area contributed by atoms with Crippen LogP contribution in [0.5, 0.6) is 0 Å². The van der Waals surface area contributed by atoms with Gasteiger partial charge in [-0.1, -0.05) is 0 Å². The number of halogens is 1. The van der Waals surface area contributed by atoms with E-state index in [-0.39, 0.29) is 0 Å². The Balaban J connectivity index is 3.03. The number of rotatable bonds is 0. The maximum Gasteiger partial charge on any atom is 0.144 e. The lowest BCUT2D eigenvalue weighted by atomic mass is 10.5. The minimum atomic E-state index is 0.299. The van der Waals surface area contributed by atoms with Crippen molar-refractivity contribution in [3.63, 3.8) is 0 Å². The number of hydrogen-bond acceptors (Lipinski definition) is 1. The van der Waals surface area contributed by atoms with Gasteiger partial charge in [0.05, 0.1) is 0 Å². The lowest BCUT2D eigenvalue weighted by molar-refractivity contribution is 1.24. The Morgan fingerprint density at radius 2 is 2.25 bits per heavy atom. The van der Waals surface area contributed by atoms with Gasteiger partial charge in [0.25, 0.3) is 0 Å². The lowest BCUT2D eigenvalue weighted by Crippen LogP contribution is -1.73. The molecule has 0 aliphatic heterocycles. The number of pyridine rings is 1. The van der Waals surface area contributed by atoms with Crippen molar-refractivity contribution in [2.24, 2.45) is 0 Å². The molecule has 0 aromatic carbocycles. The van der Waals surface area contributed by atoms with Gasteiger partial charge >= 0.3 is 0 Å². The average Bonchev–Trinajstić information content (AvgIpc) is 1.77. The zero-order valence-electron chi connectivity index (χ0n) is 4.06. The van der Waals surface area contributed by atoms with E-state index < -0.39 is 0 Å². The summed E-state index contributed by atoms with van der Waals surface area (Å²) in [5, 5.41) is 0. The lowest BCUT2D eigenvalue weighted by Gasteiger charge is -1.86. The fourth-order valence-electron chi connectivity index (χ4n) is 0.376. The predicted molar refractivity (Wildman–Crippen MR) is 34.7 cm³/mol. The Kier molecular flexibility index (Phi) is 1.48. The van der Waals surface area contributed by atoms with Crippen LogP contribution >= 0.6 is 15.9 Å². The van der Waals surface area contributed by atoms with Crippen LogP contribution in [0.15, 0.2) is 22.8 Å². The van der Waals surface area contributed by atoms with Crippen LogP contribution in [-0.4, -0.2) is 4.98 Å². The Hall–Kier alpha value is -0.570. The van der Waals surface area contributed by atoms with Crippen molar-refractivity contribution >= 4 is 21.7 Å². The molecule has 0 amide bonds. The van der Waals surface area contributed by atoms with Crippen LogP contribution in [0.4, 0.5) is 5.82 Å². The van der Waals surface area contributed by atoms with Crippen molar-refractivity contribution in [1.29, 1.82) is 0 Å². The Labute approximate surface area is 55.9 Å². The molecule has 1 N–H and O–H groups in total. The van der Waals surface area contributed by atoms with Crippen molar-refractivity contribution in [1.82, 2.24) is 10.7 Å². The van der Waals surface area contributed by atoms with Crippen LogP contribution in [0.2, 0.25) is 0 Å². The van der Waals surface area contributed by atoms with Crippen molar-refractivity contribution in [2.75, 3.05) is 0 Å². The Morgan fingerprint density at radius 1 is 1.50 bits per heavy atom. The molecule has 0 bridgehead atoms. The molecule has 0 saturated carbocycles. The van der Waals surface area contributed by atoms with Gasteiger partial charge < -0.3 is 0 Å². The van der Waals surface area contributed by atoms with Crippen LogP contribution in [0.25, 0.3) is 0 Å². The van der Waals surface area contributed by atoms with Crippen LogP contribution in [0.1, 0.15) is 0 Å². The molecule has 3 heteroatoms. The fraction of sp³-hybridized carbons (Fsp3) is 0. The summed E-state index contributed by atoms with van der Waals surface area (Å²) in [7, 11) is 0. The molecule has 1 rings (SSSR count). The van der Waals surface area contributed by atoms with E-state index in [1.54, 1.807) is 18.3 Å². The first-order valence-corrected chi connectivity index (χ1v) is 2.91. The van der Waals surface area contributed by atoms with Gasteiger partial charge in [0.1, 0.15) is 5.82 Å². The molecule has 0 atom stereocenters. The van der Waals surface area contributed by atoms with E-state index >= 15 is 0 Å². The van der Waals surface area contributed by atoms with E-state index in [1.807, 2.05) is 0 Å². The van der Waals surface area contributed by atoms with Crippen molar-refractivity contribution in [3.8, 4) is 0 Å². The second-order valence-corrected chi connectivity index (χ2v) is 2.28. The molecule has 1 aromatic rings. The third-order valence-corrected chi connectivity index (χ3v) is 1.20. The zero-order valence-corrected chi connectivity index (χ0v) is 5.64. The van der Waals surface area contributed by atoms with Crippen molar-refractivity contribution in [3.05, 3.63) is 22.8 Å². The molecule has 0 saturated heterocycles. The molecule has 0 spiro atoms. The van der Waals surface area contributed by atoms with E-state index in [4.69, 9.17) is 5.73 Å². The van der Waals surface area contributed by atoms with Crippen molar-refractivity contribution < 1.29 is 0 Å². The van der Waals surface area contributed by atoms with Gasteiger partial charge in [-0.3, -0.25) is 5.73 Å². The summed E-state index contributed by atoms with van der Waals surface area (Å²) in [6.07, 6.45) is 1.60. The van der Waals surface area contributed by atoms with Gasteiger partial charge in [-0.05, 0) is 28.1 Å². The average molecular weight is 172 g/mol. The van der Waals surface area contributed by atoms with Gasteiger partial charge in [-0.15, -0.1) is 0 Å². The smallest absolute Gasteiger partial charge is 0.144 e. The molecule has 0 fully saturated rings. The predicted octanol–water partition coefficient (Wildman–Crippen LogP) is 1.76.